The number of hydrogen-bond donors (Lipinski definition) is 1. The number of ether oxygens (including phenoxy) is 2. The summed E-state index contributed by atoms with van der Waals surface area (Å²) < 4.78 is 16.6. The maximum atomic E-state index is 10.3. The van der Waals surface area contributed by atoms with Crippen molar-refractivity contribution >= 4 is 5.71 Å². The summed E-state index contributed by atoms with van der Waals surface area (Å²) >= 11 is 0. The van der Waals surface area contributed by atoms with Gasteiger partial charge in [0.2, 0.25) is 11.7 Å². The Morgan fingerprint density at radius 2 is 1.88 bits per heavy atom. The number of aryl methyl sites for hydroxylation is 1. The lowest BCUT2D eigenvalue weighted by molar-refractivity contribution is 0.111. The Bertz CT molecular complexity index is 1150. The number of aliphatic imine (C=N–C) groups is 1. The molecule has 166 valence electrons. The van der Waals surface area contributed by atoms with Gasteiger partial charge in [-0.2, -0.15) is 4.98 Å². The molecule has 1 fully saturated rings. The average molecular weight is 434 g/mol. The van der Waals surface area contributed by atoms with Crippen LogP contribution in [-0.4, -0.2) is 46.8 Å². The molecule has 1 aliphatic carbocycles. The summed E-state index contributed by atoms with van der Waals surface area (Å²) in [4.78, 5) is 9.47. The highest BCUT2D eigenvalue weighted by molar-refractivity contribution is 6.15. The van der Waals surface area contributed by atoms with E-state index in [1.165, 1.54) is 5.56 Å². The molecule has 1 N–H and O–H groups in total. The summed E-state index contributed by atoms with van der Waals surface area (Å²) in [5.41, 5.74) is 5.05. The van der Waals surface area contributed by atoms with Crippen molar-refractivity contribution in [1.29, 1.82) is 0 Å². The second kappa shape index (κ2) is 8.39. The highest BCUT2D eigenvalue weighted by atomic mass is 16.5. The van der Waals surface area contributed by atoms with Gasteiger partial charge in [-0.15, -0.1) is 0 Å². The Morgan fingerprint density at radius 1 is 1.09 bits per heavy atom. The number of benzene rings is 2. The van der Waals surface area contributed by atoms with E-state index in [0.29, 0.717) is 30.5 Å². The summed E-state index contributed by atoms with van der Waals surface area (Å²) in [5, 5.41) is 14.4. The minimum Gasteiger partial charge on any atom is -0.493 e. The number of aliphatic hydroxyl groups excluding tert-OH is 1. The van der Waals surface area contributed by atoms with Crippen LogP contribution >= 0.6 is 0 Å². The molecule has 32 heavy (non-hydrogen) atoms. The molecule has 3 aromatic rings. The molecule has 1 aliphatic heterocycles. The van der Waals surface area contributed by atoms with Gasteiger partial charge in [-0.25, -0.2) is 0 Å². The highest BCUT2D eigenvalue weighted by Gasteiger charge is 2.37. The summed E-state index contributed by atoms with van der Waals surface area (Å²) in [6.45, 7) is 4.30. The van der Waals surface area contributed by atoms with Crippen LogP contribution < -0.4 is 9.47 Å². The fourth-order valence-corrected chi connectivity index (χ4v) is 4.80. The van der Waals surface area contributed by atoms with E-state index < -0.39 is 0 Å². The quantitative estimate of drug-likeness (QED) is 0.645. The van der Waals surface area contributed by atoms with E-state index in [9.17, 15) is 5.11 Å². The van der Waals surface area contributed by atoms with Gasteiger partial charge < -0.3 is 19.1 Å². The molecule has 1 saturated carbocycles. The molecule has 0 bridgehead atoms. The van der Waals surface area contributed by atoms with Crippen molar-refractivity contribution in [3.05, 3.63) is 59.0 Å². The summed E-state index contributed by atoms with van der Waals surface area (Å²) in [6, 6.07) is 12.3. The largest absolute Gasteiger partial charge is 0.493 e. The van der Waals surface area contributed by atoms with Gasteiger partial charge in [-0.3, -0.25) is 4.99 Å². The van der Waals surface area contributed by atoms with Crippen LogP contribution in [0, 0.1) is 6.92 Å². The van der Waals surface area contributed by atoms with E-state index in [1.807, 2.05) is 37.3 Å². The minimum atomic E-state index is -0.295. The van der Waals surface area contributed by atoms with Gasteiger partial charge in [-0.05, 0) is 43.9 Å². The first kappa shape index (κ1) is 20.7. The van der Waals surface area contributed by atoms with Crippen LogP contribution in [0.2, 0.25) is 0 Å². The second-order valence-electron chi connectivity index (χ2n) is 8.36. The average Bonchev–Trinajstić information content (AvgIpc) is 3.25. The number of methoxy groups -OCH3 is 1. The van der Waals surface area contributed by atoms with Gasteiger partial charge in [0.05, 0.1) is 31.6 Å². The fourth-order valence-electron chi connectivity index (χ4n) is 4.80. The molecule has 0 spiro atoms. The summed E-state index contributed by atoms with van der Waals surface area (Å²) in [7, 11) is 1.65. The van der Waals surface area contributed by atoms with E-state index in [1.54, 1.807) is 14.0 Å². The predicted octanol–water partition coefficient (Wildman–Crippen LogP) is 4.30. The smallest absolute Gasteiger partial charge is 0.223 e. The molecule has 2 aromatic carbocycles. The Labute approximate surface area is 187 Å². The van der Waals surface area contributed by atoms with Gasteiger partial charge in [0.15, 0.2) is 11.5 Å². The second-order valence-corrected chi connectivity index (χ2v) is 8.36. The fraction of sp³-hybridized carbons (Fsp3) is 0.400. The Hall–Kier alpha value is -3.19. The standard InChI is InChI=1S/C25H27N3O4/c1-4-31-23-12-18-19-11-17(29)9-10-21(19)27-24(20(18)13-22(23)30-3)15-5-7-16(8-6-15)25-26-14(2)32-28-25/h5-8,12-13,17,19,21,29H,4,9-11H2,1-3H3. The molecule has 0 radical (unpaired) electrons. The topological polar surface area (TPSA) is 90.0 Å². The van der Waals surface area contributed by atoms with Crippen molar-refractivity contribution in [2.75, 3.05) is 13.7 Å². The molecule has 5 rings (SSSR count). The molecule has 3 atom stereocenters. The molecule has 0 saturated heterocycles. The zero-order valence-corrected chi connectivity index (χ0v) is 18.5. The molecule has 7 heteroatoms. The van der Waals surface area contributed by atoms with Crippen LogP contribution in [-0.2, 0) is 0 Å². The van der Waals surface area contributed by atoms with Crippen LogP contribution in [0.15, 0.2) is 45.9 Å². The number of rotatable bonds is 5. The first-order valence-electron chi connectivity index (χ1n) is 11.1. The number of hydrogen-bond acceptors (Lipinski definition) is 7. The van der Waals surface area contributed by atoms with Crippen molar-refractivity contribution in [1.82, 2.24) is 10.1 Å². The van der Waals surface area contributed by atoms with Crippen molar-refractivity contribution in [3.8, 4) is 22.9 Å². The monoisotopic (exact) mass is 433 g/mol. The lowest BCUT2D eigenvalue weighted by atomic mass is 9.74. The van der Waals surface area contributed by atoms with Crippen molar-refractivity contribution in [2.24, 2.45) is 4.99 Å². The maximum absolute atomic E-state index is 10.3. The molecule has 2 aliphatic rings. The molecular formula is C25H27N3O4. The van der Waals surface area contributed by atoms with E-state index in [-0.39, 0.29) is 18.1 Å². The number of aromatic nitrogens is 2. The molecule has 3 unspecified atom stereocenters. The highest BCUT2D eigenvalue weighted by Crippen LogP contribution is 2.45. The van der Waals surface area contributed by atoms with Gasteiger partial charge in [0.25, 0.3) is 0 Å². The molecular weight excluding hydrogens is 406 g/mol. The third kappa shape index (κ3) is 3.66. The van der Waals surface area contributed by atoms with Crippen LogP contribution in [0.5, 0.6) is 11.5 Å². The lowest BCUT2D eigenvalue weighted by Gasteiger charge is -2.37. The molecule has 7 nitrogen and oxygen atoms in total. The van der Waals surface area contributed by atoms with Crippen LogP contribution in [0.4, 0.5) is 0 Å². The van der Waals surface area contributed by atoms with Crippen LogP contribution in [0.25, 0.3) is 11.4 Å². The predicted molar refractivity (Wildman–Crippen MR) is 121 cm³/mol. The zero-order chi connectivity index (χ0) is 22.2. The molecule has 1 aromatic heterocycles. The van der Waals surface area contributed by atoms with Crippen LogP contribution in [0.3, 0.4) is 0 Å². The van der Waals surface area contributed by atoms with Crippen molar-refractivity contribution < 1.29 is 19.1 Å². The van der Waals surface area contributed by atoms with E-state index in [4.69, 9.17) is 19.0 Å². The number of fused-ring (bicyclic) bond motifs is 3. The van der Waals surface area contributed by atoms with Gasteiger partial charge in [-0.1, -0.05) is 29.4 Å². The molecule has 2 heterocycles. The SMILES string of the molecule is CCOc1cc2c(cc1OC)C(c1ccc(-c3noc(C)n3)cc1)=NC1CCC(O)CC21. The van der Waals surface area contributed by atoms with E-state index >= 15 is 0 Å². The van der Waals surface area contributed by atoms with Gasteiger partial charge in [0, 0.05) is 29.5 Å². The van der Waals surface area contributed by atoms with E-state index in [2.05, 4.69) is 16.2 Å². The number of nitrogens with zero attached hydrogens (tertiary/aromatic N) is 3. The normalized spacial score (nSPS) is 22.0. The molecule has 0 amide bonds. The van der Waals surface area contributed by atoms with Crippen molar-refractivity contribution in [3.63, 3.8) is 0 Å². The Morgan fingerprint density at radius 3 is 2.56 bits per heavy atom. The van der Waals surface area contributed by atoms with Crippen LogP contribution in [0.1, 0.15) is 54.7 Å². The third-order valence-electron chi connectivity index (χ3n) is 6.32. The number of aliphatic hydroxyl groups is 1. The lowest BCUT2D eigenvalue weighted by Crippen LogP contribution is -2.34. The van der Waals surface area contributed by atoms with Gasteiger partial charge >= 0.3 is 0 Å². The van der Waals surface area contributed by atoms with E-state index in [0.717, 1.165) is 41.0 Å². The van der Waals surface area contributed by atoms with Crippen molar-refractivity contribution in [2.45, 2.75) is 51.2 Å². The maximum Gasteiger partial charge on any atom is 0.223 e. The summed E-state index contributed by atoms with van der Waals surface area (Å²) in [6.07, 6.45) is 2.06. The first-order chi connectivity index (χ1) is 15.6. The van der Waals surface area contributed by atoms with Gasteiger partial charge in [0.1, 0.15) is 0 Å². The third-order valence-corrected chi connectivity index (χ3v) is 6.32. The summed E-state index contributed by atoms with van der Waals surface area (Å²) in [5.74, 6) is 2.70. The Balaban J connectivity index is 1.59. The Kier molecular flexibility index (Phi) is 5.43. The zero-order valence-electron chi connectivity index (χ0n) is 18.5. The first-order valence-corrected chi connectivity index (χ1v) is 11.1. The minimum absolute atomic E-state index is 0.142.